The first-order valence-electron chi connectivity index (χ1n) is 9.21. The molecule has 29 heavy (non-hydrogen) atoms. The molecule has 1 atom stereocenters. The molecule has 6 nitrogen and oxygen atoms in total. The molecule has 0 aliphatic carbocycles. The number of carboxylic acids is 1. The topological polar surface area (TPSA) is 99.8 Å². The van der Waals surface area contributed by atoms with E-state index >= 15 is 0 Å². The Morgan fingerprint density at radius 1 is 0.931 bits per heavy atom. The van der Waals surface area contributed by atoms with Crippen molar-refractivity contribution in [2.75, 3.05) is 0 Å². The van der Waals surface area contributed by atoms with Gasteiger partial charge in [0.2, 0.25) is 0 Å². The zero-order valence-corrected chi connectivity index (χ0v) is 15.5. The highest BCUT2D eigenvalue weighted by Gasteiger charge is 2.20. The maximum absolute atomic E-state index is 12.4. The summed E-state index contributed by atoms with van der Waals surface area (Å²) in [6, 6.07) is 18.7. The van der Waals surface area contributed by atoms with Crippen LogP contribution in [0.15, 0.2) is 75.9 Å². The Balaban J connectivity index is 1.70. The Morgan fingerprint density at radius 2 is 1.62 bits per heavy atom. The highest BCUT2D eigenvalue weighted by atomic mass is 16.4. The highest BCUT2D eigenvalue weighted by Crippen LogP contribution is 2.30. The van der Waals surface area contributed by atoms with Crippen LogP contribution in [0.3, 0.4) is 0 Å². The van der Waals surface area contributed by atoms with Crippen molar-refractivity contribution < 1.29 is 19.4 Å². The molecule has 0 amide bonds. The molecule has 0 spiro atoms. The van der Waals surface area contributed by atoms with E-state index in [1.165, 1.54) is 6.07 Å². The molecule has 1 heterocycles. The number of phenolic OH excluding ortho intramolecular Hbond substituents is 1. The molecular weight excluding hydrogens is 370 g/mol. The van der Waals surface area contributed by atoms with Gasteiger partial charge in [-0.15, -0.1) is 0 Å². The minimum atomic E-state index is -1.000. The molecule has 4 rings (SSSR count). The second kappa shape index (κ2) is 7.77. The molecule has 0 unspecified atom stereocenters. The summed E-state index contributed by atoms with van der Waals surface area (Å²) in [7, 11) is 0. The van der Waals surface area contributed by atoms with Gasteiger partial charge in [-0.05, 0) is 35.6 Å². The Hall–Kier alpha value is -3.64. The molecule has 0 fully saturated rings. The summed E-state index contributed by atoms with van der Waals surface area (Å²) in [5, 5.41) is 24.8. The third-order valence-electron chi connectivity index (χ3n) is 4.97. The third-order valence-corrected chi connectivity index (χ3v) is 4.97. The van der Waals surface area contributed by atoms with E-state index < -0.39 is 17.6 Å². The highest BCUT2D eigenvalue weighted by molar-refractivity contribution is 6.05. The van der Waals surface area contributed by atoms with E-state index in [0.29, 0.717) is 16.3 Å². The van der Waals surface area contributed by atoms with Gasteiger partial charge in [0.25, 0.3) is 0 Å². The third kappa shape index (κ3) is 3.70. The lowest BCUT2D eigenvalue weighted by atomic mass is 10.0. The van der Waals surface area contributed by atoms with Crippen molar-refractivity contribution in [2.45, 2.75) is 19.0 Å². The summed E-state index contributed by atoms with van der Waals surface area (Å²) < 4.78 is 5.49. The molecule has 146 valence electrons. The van der Waals surface area contributed by atoms with E-state index in [-0.39, 0.29) is 24.3 Å². The molecule has 3 N–H and O–H groups in total. The Labute approximate surface area is 166 Å². The van der Waals surface area contributed by atoms with E-state index in [4.69, 9.17) is 4.42 Å². The van der Waals surface area contributed by atoms with Gasteiger partial charge in [0.05, 0.1) is 10.9 Å². The Kier molecular flexibility index (Phi) is 5.01. The van der Waals surface area contributed by atoms with Gasteiger partial charge in [-0.3, -0.25) is 10.1 Å². The number of nitrogens with one attached hydrogen (secondary N) is 1. The maximum atomic E-state index is 12.4. The fourth-order valence-corrected chi connectivity index (χ4v) is 3.48. The van der Waals surface area contributed by atoms with E-state index in [9.17, 15) is 19.8 Å². The number of aliphatic carboxylic acids is 1. The number of hydrogen-bond donors (Lipinski definition) is 3. The van der Waals surface area contributed by atoms with Crippen molar-refractivity contribution >= 4 is 27.7 Å². The van der Waals surface area contributed by atoms with Crippen LogP contribution in [0.1, 0.15) is 11.1 Å². The van der Waals surface area contributed by atoms with Crippen LogP contribution in [-0.2, 0) is 17.8 Å². The standard InChI is InChI=1S/C23H19NO5/c25-20-11-10-16-15-8-4-5-9-17(15)23(28)29-21(16)18(20)13-24-19(22(26)27)12-14-6-2-1-3-7-14/h1-11,19,24-25H,12-13H2,(H,26,27)/t19-/m1/s1. The normalized spacial score (nSPS) is 12.3. The summed E-state index contributed by atoms with van der Waals surface area (Å²) in [4.78, 5) is 24.1. The average molecular weight is 389 g/mol. The summed E-state index contributed by atoms with van der Waals surface area (Å²) in [5.41, 5.74) is 0.987. The van der Waals surface area contributed by atoms with Gasteiger partial charge in [0, 0.05) is 11.9 Å². The molecule has 4 aromatic rings. The van der Waals surface area contributed by atoms with Gasteiger partial charge in [0.1, 0.15) is 17.4 Å². The SMILES string of the molecule is O=C(O)[C@@H](Cc1ccccc1)NCc1c(O)ccc2c1oc(=O)c1ccccc12. The monoisotopic (exact) mass is 389 g/mol. The molecule has 6 heteroatoms. The quantitative estimate of drug-likeness (QED) is 0.345. The Morgan fingerprint density at radius 3 is 2.34 bits per heavy atom. The minimum absolute atomic E-state index is 0.0360. The number of benzene rings is 3. The molecule has 0 aliphatic rings. The zero-order valence-electron chi connectivity index (χ0n) is 15.5. The second-order valence-electron chi connectivity index (χ2n) is 6.84. The molecule has 3 aromatic carbocycles. The van der Waals surface area contributed by atoms with Crippen molar-refractivity contribution in [1.82, 2.24) is 5.32 Å². The van der Waals surface area contributed by atoms with Gasteiger partial charge in [-0.2, -0.15) is 0 Å². The molecule has 0 bridgehead atoms. The molecule has 0 radical (unpaired) electrons. The van der Waals surface area contributed by atoms with Gasteiger partial charge in [-0.25, -0.2) is 4.79 Å². The van der Waals surface area contributed by atoms with Crippen LogP contribution in [0.4, 0.5) is 0 Å². The Bertz CT molecular complexity index is 1250. The lowest BCUT2D eigenvalue weighted by Crippen LogP contribution is -2.38. The van der Waals surface area contributed by atoms with Crippen LogP contribution in [0, 0.1) is 0 Å². The first-order chi connectivity index (χ1) is 14.0. The molecular formula is C23H19NO5. The number of carbonyl (C=O) groups is 1. The molecule has 0 saturated carbocycles. The van der Waals surface area contributed by atoms with E-state index in [0.717, 1.165) is 10.9 Å². The minimum Gasteiger partial charge on any atom is -0.507 e. The number of carboxylic acid groups (broad SMARTS) is 1. The van der Waals surface area contributed by atoms with Gasteiger partial charge >= 0.3 is 11.6 Å². The number of hydrogen-bond acceptors (Lipinski definition) is 5. The first kappa shape index (κ1) is 18.7. The predicted molar refractivity (Wildman–Crippen MR) is 110 cm³/mol. The lowest BCUT2D eigenvalue weighted by Gasteiger charge is -2.16. The van der Waals surface area contributed by atoms with Crippen molar-refractivity contribution in [1.29, 1.82) is 0 Å². The lowest BCUT2D eigenvalue weighted by molar-refractivity contribution is -0.139. The van der Waals surface area contributed by atoms with Crippen LogP contribution >= 0.6 is 0 Å². The molecule has 0 saturated heterocycles. The fourth-order valence-electron chi connectivity index (χ4n) is 3.48. The maximum Gasteiger partial charge on any atom is 0.344 e. The number of rotatable bonds is 6. The summed E-state index contributed by atoms with van der Waals surface area (Å²) >= 11 is 0. The van der Waals surface area contributed by atoms with Crippen LogP contribution < -0.4 is 10.9 Å². The number of phenols is 1. The van der Waals surface area contributed by atoms with Crippen LogP contribution in [0.25, 0.3) is 21.7 Å². The van der Waals surface area contributed by atoms with E-state index in [1.807, 2.05) is 42.5 Å². The van der Waals surface area contributed by atoms with Crippen molar-refractivity contribution in [2.24, 2.45) is 0 Å². The van der Waals surface area contributed by atoms with Crippen molar-refractivity contribution in [3.05, 3.63) is 88.3 Å². The van der Waals surface area contributed by atoms with Crippen molar-refractivity contribution in [3.63, 3.8) is 0 Å². The van der Waals surface area contributed by atoms with Crippen LogP contribution in [-0.4, -0.2) is 22.2 Å². The molecule has 1 aromatic heterocycles. The largest absolute Gasteiger partial charge is 0.507 e. The van der Waals surface area contributed by atoms with E-state index in [2.05, 4.69) is 5.32 Å². The average Bonchev–Trinajstić information content (AvgIpc) is 2.73. The summed E-state index contributed by atoms with van der Waals surface area (Å²) in [5.74, 6) is -1.06. The van der Waals surface area contributed by atoms with Crippen LogP contribution in [0.5, 0.6) is 5.75 Å². The van der Waals surface area contributed by atoms with Gasteiger partial charge in [-0.1, -0.05) is 48.5 Å². The van der Waals surface area contributed by atoms with Crippen molar-refractivity contribution in [3.8, 4) is 5.75 Å². The predicted octanol–water partition coefficient (Wildman–Crippen LogP) is 3.44. The summed E-state index contributed by atoms with van der Waals surface area (Å²) in [6.07, 6.45) is 0.286. The number of fused-ring (bicyclic) bond motifs is 3. The fraction of sp³-hybridized carbons (Fsp3) is 0.130. The second-order valence-corrected chi connectivity index (χ2v) is 6.84. The van der Waals surface area contributed by atoms with Crippen LogP contribution in [0.2, 0.25) is 0 Å². The zero-order chi connectivity index (χ0) is 20.4. The first-order valence-corrected chi connectivity index (χ1v) is 9.21. The van der Waals surface area contributed by atoms with E-state index in [1.54, 1.807) is 18.2 Å². The van der Waals surface area contributed by atoms with Gasteiger partial charge in [0.15, 0.2) is 0 Å². The summed E-state index contributed by atoms with van der Waals surface area (Å²) in [6.45, 7) is 0.0360. The van der Waals surface area contributed by atoms with Gasteiger partial charge < -0.3 is 14.6 Å². The molecule has 0 aliphatic heterocycles. The number of aromatic hydroxyl groups is 1. The smallest absolute Gasteiger partial charge is 0.344 e.